The van der Waals surface area contributed by atoms with Gasteiger partial charge in [0, 0.05) is 42.9 Å². The van der Waals surface area contributed by atoms with Crippen LogP contribution in [0.3, 0.4) is 0 Å². The van der Waals surface area contributed by atoms with Crippen LogP contribution >= 0.6 is 15.9 Å². The number of nitrogens with zero attached hydrogens (tertiary/aromatic N) is 2. The summed E-state index contributed by atoms with van der Waals surface area (Å²) in [7, 11) is 0. The van der Waals surface area contributed by atoms with Crippen molar-refractivity contribution in [3.8, 4) is 0 Å². The van der Waals surface area contributed by atoms with E-state index in [1.54, 1.807) is 0 Å². The van der Waals surface area contributed by atoms with Crippen LogP contribution in [0.25, 0.3) is 0 Å². The summed E-state index contributed by atoms with van der Waals surface area (Å²) < 4.78 is 1.04. The molecule has 154 valence electrons. The number of carbonyl (C=O) groups excluding carboxylic acids is 1. The third kappa shape index (κ3) is 5.01. The fourth-order valence-electron chi connectivity index (χ4n) is 4.26. The summed E-state index contributed by atoms with van der Waals surface area (Å²) >= 11 is 3.52. The van der Waals surface area contributed by atoms with Crippen molar-refractivity contribution in [3.05, 3.63) is 64.6 Å². The monoisotopic (exact) mass is 455 g/mol. The van der Waals surface area contributed by atoms with E-state index in [1.165, 1.54) is 5.69 Å². The second-order valence-electron chi connectivity index (χ2n) is 8.22. The maximum atomic E-state index is 12.7. The Kier molecular flexibility index (Phi) is 6.56. The van der Waals surface area contributed by atoms with Crippen LogP contribution in [0.5, 0.6) is 0 Å². The first-order valence-corrected chi connectivity index (χ1v) is 11.5. The molecule has 0 aromatic heterocycles. The highest BCUT2D eigenvalue weighted by Crippen LogP contribution is 2.48. The Labute approximate surface area is 182 Å². The molecule has 2 aliphatic rings. The van der Waals surface area contributed by atoms with Gasteiger partial charge in [-0.05, 0) is 62.1 Å². The van der Waals surface area contributed by atoms with E-state index in [-0.39, 0.29) is 11.3 Å². The van der Waals surface area contributed by atoms with Gasteiger partial charge in [0.25, 0.3) is 0 Å². The van der Waals surface area contributed by atoms with E-state index in [1.807, 2.05) is 12.1 Å². The Hall–Kier alpha value is -1.85. The number of rotatable bonds is 8. The standard InChI is InChI=1S/C24H30BrN3O/c25-21-8-6-7-20(19-21)24(11-12-24)23(29)26-13-4-5-14-27-15-17-28(18-16-27)22-9-2-1-3-10-22/h1-3,6-10,19H,4-5,11-18H2,(H,26,29). The van der Waals surface area contributed by atoms with E-state index in [4.69, 9.17) is 0 Å². The fourth-order valence-corrected chi connectivity index (χ4v) is 4.66. The average molecular weight is 456 g/mol. The highest BCUT2D eigenvalue weighted by molar-refractivity contribution is 9.10. The van der Waals surface area contributed by atoms with Crippen LogP contribution in [0.4, 0.5) is 5.69 Å². The topological polar surface area (TPSA) is 35.6 Å². The Morgan fingerprint density at radius 3 is 2.41 bits per heavy atom. The molecular formula is C24H30BrN3O. The number of anilines is 1. The third-order valence-corrected chi connectivity index (χ3v) is 6.74. The van der Waals surface area contributed by atoms with Gasteiger partial charge >= 0.3 is 0 Å². The van der Waals surface area contributed by atoms with E-state index in [0.29, 0.717) is 0 Å². The number of carbonyl (C=O) groups is 1. The van der Waals surface area contributed by atoms with E-state index in [0.717, 1.165) is 75.0 Å². The van der Waals surface area contributed by atoms with Crippen LogP contribution in [0, 0.1) is 0 Å². The SMILES string of the molecule is O=C(NCCCCN1CCN(c2ccccc2)CC1)C1(c2cccc(Br)c2)CC1. The highest BCUT2D eigenvalue weighted by Gasteiger charge is 2.51. The molecule has 1 aliphatic carbocycles. The van der Waals surface area contributed by atoms with Gasteiger partial charge < -0.3 is 10.2 Å². The Morgan fingerprint density at radius 2 is 1.72 bits per heavy atom. The molecule has 5 heteroatoms. The molecule has 1 N–H and O–H groups in total. The lowest BCUT2D eigenvalue weighted by atomic mass is 9.95. The van der Waals surface area contributed by atoms with Crippen molar-refractivity contribution in [2.75, 3.05) is 44.2 Å². The van der Waals surface area contributed by atoms with Crippen molar-refractivity contribution in [1.82, 2.24) is 10.2 Å². The molecule has 0 bridgehead atoms. The number of nitrogens with one attached hydrogen (secondary N) is 1. The zero-order valence-electron chi connectivity index (χ0n) is 16.9. The zero-order valence-corrected chi connectivity index (χ0v) is 18.5. The van der Waals surface area contributed by atoms with E-state index in [9.17, 15) is 4.79 Å². The van der Waals surface area contributed by atoms with Crippen LogP contribution in [0.1, 0.15) is 31.2 Å². The van der Waals surface area contributed by atoms with Crippen molar-refractivity contribution < 1.29 is 4.79 Å². The van der Waals surface area contributed by atoms with Gasteiger partial charge in [0.1, 0.15) is 0 Å². The van der Waals surface area contributed by atoms with Crippen molar-refractivity contribution in [2.45, 2.75) is 31.1 Å². The van der Waals surface area contributed by atoms with Gasteiger partial charge in [0.05, 0.1) is 5.41 Å². The summed E-state index contributed by atoms with van der Waals surface area (Å²) in [5.41, 5.74) is 2.19. The number of unbranched alkanes of at least 4 members (excludes halogenated alkanes) is 1. The lowest BCUT2D eigenvalue weighted by Crippen LogP contribution is -2.46. The summed E-state index contributed by atoms with van der Waals surface area (Å²) in [6, 6.07) is 18.9. The second kappa shape index (κ2) is 9.31. The van der Waals surface area contributed by atoms with Crippen molar-refractivity contribution in [2.24, 2.45) is 0 Å². The molecule has 4 rings (SSSR count). The summed E-state index contributed by atoms with van der Waals surface area (Å²) in [6.07, 6.45) is 4.09. The smallest absolute Gasteiger partial charge is 0.230 e. The van der Waals surface area contributed by atoms with Gasteiger partial charge in [0.2, 0.25) is 5.91 Å². The van der Waals surface area contributed by atoms with Gasteiger partial charge in [-0.1, -0.05) is 46.3 Å². The molecule has 2 aromatic carbocycles. The number of amides is 1. The number of hydrogen-bond acceptors (Lipinski definition) is 3. The summed E-state index contributed by atoms with van der Waals surface area (Å²) in [5.74, 6) is 0.201. The molecule has 29 heavy (non-hydrogen) atoms. The molecule has 0 radical (unpaired) electrons. The normalized spacial score (nSPS) is 18.4. The molecule has 1 heterocycles. The van der Waals surface area contributed by atoms with E-state index >= 15 is 0 Å². The molecule has 1 saturated heterocycles. The van der Waals surface area contributed by atoms with Gasteiger partial charge in [-0.25, -0.2) is 0 Å². The molecule has 1 aliphatic heterocycles. The van der Waals surface area contributed by atoms with Crippen LogP contribution in [-0.4, -0.2) is 50.1 Å². The molecule has 0 spiro atoms. The molecule has 2 fully saturated rings. The summed E-state index contributed by atoms with van der Waals surface area (Å²) in [5, 5.41) is 3.19. The Balaban J connectivity index is 1.14. The van der Waals surface area contributed by atoms with Crippen molar-refractivity contribution in [3.63, 3.8) is 0 Å². The van der Waals surface area contributed by atoms with Crippen LogP contribution < -0.4 is 10.2 Å². The van der Waals surface area contributed by atoms with Crippen molar-refractivity contribution in [1.29, 1.82) is 0 Å². The number of benzene rings is 2. The van der Waals surface area contributed by atoms with Crippen molar-refractivity contribution >= 4 is 27.5 Å². The highest BCUT2D eigenvalue weighted by atomic mass is 79.9. The number of piperazine rings is 1. The fraction of sp³-hybridized carbons (Fsp3) is 0.458. The second-order valence-corrected chi connectivity index (χ2v) is 9.14. The molecule has 1 saturated carbocycles. The predicted molar refractivity (Wildman–Crippen MR) is 122 cm³/mol. The molecule has 1 amide bonds. The molecular weight excluding hydrogens is 426 g/mol. The quantitative estimate of drug-likeness (QED) is 0.605. The molecule has 4 nitrogen and oxygen atoms in total. The minimum Gasteiger partial charge on any atom is -0.369 e. The Bertz CT molecular complexity index is 814. The van der Waals surface area contributed by atoms with Gasteiger partial charge in [-0.15, -0.1) is 0 Å². The minimum atomic E-state index is -0.280. The third-order valence-electron chi connectivity index (χ3n) is 6.24. The van der Waals surface area contributed by atoms with E-state index in [2.05, 4.69) is 73.5 Å². The number of halogens is 1. The van der Waals surface area contributed by atoms with Gasteiger partial charge in [-0.3, -0.25) is 9.69 Å². The summed E-state index contributed by atoms with van der Waals surface area (Å²) in [6.45, 7) is 6.32. The molecule has 2 aromatic rings. The van der Waals surface area contributed by atoms with E-state index < -0.39 is 0 Å². The largest absolute Gasteiger partial charge is 0.369 e. The van der Waals surface area contributed by atoms with Crippen LogP contribution in [-0.2, 0) is 10.2 Å². The first kappa shape index (κ1) is 20.4. The predicted octanol–water partition coefficient (Wildman–Crippen LogP) is 4.20. The first-order valence-electron chi connectivity index (χ1n) is 10.7. The lowest BCUT2D eigenvalue weighted by molar-refractivity contribution is -0.123. The average Bonchev–Trinajstić information content (AvgIpc) is 3.57. The van der Waals surface area contributed by atoms with Crippen LogP contribution in [0.15, 0.2) is 59.1 Å². The summed E-state index contributed by atoms with van der Waals surface area (Å²) in [4.78, 5) is 17.7. The van der Waals surface area contributed by atoms with Gasteiger partial charge in [-0.2, -0.15) is 0 Å². The molecule has 0 unspecified atom stereocenters. The Morgan fingerprint density at radius 1 is 0.966 bits per heavy atom. The first-order chi connectivity index (χ1) is 14.2. The minimum absolute atomic E-state index is 0.201. The van der Waals surface area contributed by atoms with Gasteiger partial charge in [0.15, 0.2) is 0 Å². The van der Waals surface area contributed by atoms with Crippen LogP contribution in [0.2, 0.25) is 0 Å². The zero-order chi connectivity index (χ0) is 20.1. The lowest BCUT2D eigenvalue weighted by Gasteiger charge is -2.36. The number of para-hydroxylation sites is 1. The maximum absolute atomic E-state index is 12.7. The molecule has 0 atom stereocenters. The number of hydrogen-bond donors (Lipinski definition) is 1. The maximum Gasteiger partial charge on any atom is 0.230 e.